The van der Waals surface area contributed by atoms with Crippen molar-refractivity contribution in [3.8, 4) is 0 Å². The molecule has 1 aromatic rings. The van der Waals surface area contributed by atoms with E-state index in [2.05, 4.69) is 10.2 Å². The third-order valence-corrected chi connectivity index (χ3v) is 6.33. The van der Waals surface area contributed by atoms with E-state index < -0.39 is 16.1 Å². The number of nitrogens with zero attached hydrogens (tertiary/aromatic N) is 2. The Morgan fingerprint density at radius 2 is 1.81 bits per heavy atom. The van der Waals surface area contributed by atoms with Crippen LogP contribution in [-0.2, 0) is 14.8 Å². The Hall–Kier alpha value is -0.900. The Bertz CT molecular complexity index is 716. The highest BCUT2D eigenvalue weighted by molar-refractivity contribution is 7.89. The van der Waals surface area contributed by atoms with Crippen molar-refractivity contribution in [1.29, 1.82) is 0 Å². The number of hydrogen-bond acceptors (Lipinski definition) is 5. The van der Waals surface area contributed by atoms with Gasteiger partial charge in [-0.05, 0) is 44.1 Å². The number of amides is 1. The smallest absolute Gasteiger partial charge is 0.243 e. The monoisotopic (exact) mass is 440 g/mol. The highest BCUT2D eigenvalue weighted by atomic mass is 35.5. The van der Waals surface area contributed by atoms with Gasteiger partial charge in [-0.25, -0.2) is 8.42 Å². The zero-order valence-electron chi connectivity index (χ0n) is 15.9. The number of rotatable bonds is 5. The van der Waals surface area contributed by atoms with E-state index in [1.807, 2.05) is 20.9 Å². The Balaban J connectivity index is 0.00000338. The van der Waals surface area contributed by atoms with Crippen molar-refractivity contribution in [2.45, 2.75) is 31.2 Å². The maximum Gasteiger partial charge on any atom is 0.243 e. The summed E-state index contributed by atoms with van der Waals surface area (Å²) in [6, 6.07) is 5.71. The largest absolute Gasteiger partial charge is 0.325 e. The number of nitrogens with two attached hydrogens (primary N) is 1. The summed E-state index contributed by atoms with van der Waals surface area (Å²) in [4.78, 5) is 14.4. The topological polar surface area (TPSA) is 95.7 Å². The second-order valence-corrected chi connectivity index (χ2v) is 8.79. The molecular weight excluding hydrogens is 411 g/mol. The fraction of sp³-hybridized carbons (Fsp3) is 0.588. The minimum absolute atomic E-state index is 0. The lowest BCUT2D eigenvalue weighted by Crippen LogP contribution is -2.39. The van der Waals surface area contributed by atoms with Crippen LogP contribution in [0.25, 0.3) is 0 Å². The van der Waals surface area contributed by atoms with E-state index in [9.17, 15) is 13.2 Å². The van der Waals surface area contributed by atoms with Crippen LogP contribution in [0.4, 0.5) is 5.69 Å². The van der Waals surface area contributed by atoms with Crippen LogP contribution < -0.4 is 11.1 Å². The number of likely N-dealkylation sites (N-methyl/N-ethyl adjacent to an activating group) is 1. The van der Waals surface area contributed by atoms with Gasteiger partial charge in [0.15, 0.2) is 0 Å². The summed E-state index contributed by atoms with van der Waals surface area (Å²) in [6.07, 6.45) is 0.801. The molecule has 1 amide bonds. The lowest BCUT2D eigenvalue weighted by Gasteiger charge is -2.21. The summed E-state index contributed by atoms with van der Waals surface area (Å²) in [7, 11) is -1.59. The second-order valence-electron chi connectivity index (χ2n) is 6.85. The standard InChI is InChI=1S/C17H28N4O3S.2ClH/c1-13(2)16(18)17(22)19-14-6-4-7-15(12-14)25(23,24)21-9-5-8-20(3)10-11-21;;/h4,6-7,12-13,16H,5,8-11,18H2,1-3H3,(H,19,22);2*1H/t16-;;/m0../s1. The van der Waals surface area contributed by atoms with Gasteiger partial charge in [0.1, 0.15) is 0 Å². The molecule has 3 N–H and O–H groups in total. The second kappa shape index (κ2) is 11.2. The van der Waals surface area contributed by atoms with E-state index in [-0.39, 0.29) is 41.5 Å². The van der Waals surface area contributed by atoms with Gasteiger partial charge in [-0.15, -0.1) is 24.8 Å². The number of sulfonamides is 1. The molecule has 0 bridgehead atoms. The first kappa shape index (κ1) is 26.1. The van der Waals surface area contributed by atoms with Crippen LogP contribution in [-0.4, -0.2) is 62.8 Å². The molecule has 1 heterocycles. The third-order valence-electron chi connectivity index (χ3n) is 4.44. The van der Waals surface area contributed by atoms with Crippen molar-refractivity contribution < 1.29 is 13.2 Å². The van der Waals surface area contributed by atoms with E-state index in [0.717, 1.165) is 13.0 Å². The van der Waals surface area contributed by atoms with Crippen LogP contribution in [0.2, 0.25) is 0 Å². The van der Waals surface area contributed by atoms with E-state index in [4.69, 9.17) is 5.73 Å². The Labute approximate surface area is 174 Å². The van der Waals surface area contributed by atoms with E-state index in [0.29, 0.717) is 25.3 Å². The van der Waals surface area contributed by atoms with Crippen molar-refractivity contribution >= 4 is 46.4 Å². The van der Waals surface area contributed by atoms with Crippen LogP contribution in [0.15, 0.2) is 29.2 Å². The molecule has 1 saturated heterocycles. The molecule has 1 aliphatic heterocycles. The first-order chi connectivity index (χ1) is 11.7. The third kappa shape index (κ3) is 6.89. The molecule has 0 spiro atoms. The number of carbonyl (C=O) groups is 1. The molecule has 0 aromatic heterocycles. The van der Waals surface area contributed by atoms with Crippen molar-refractivity contribution in [2.24, 2.45) is 11.7 Å². The number of hydrogen-bond donors (Lipinski definition) is 2. The molecule has 0 unspecified atom stereocenters. The minimum atomic E-state index is -3.58. The average molecular weight is 441 g/mol. The van der Waals surface area contributed by atoms with Gasteiger partial charge in [0.25, 0.3) is 0 Å². The Morgan fingerprint density at radius 3 is 2.44 bits per heavy atom. The maximum atomic E-state index is 12.9. The van der Waals surface area contributed by atoms with Crippen molar-refractivity contribution in [2.75, 3.05) is 38.5 Å². The van der Waals surface area contributed by atoms with Gasteiger partial charge in [-0.2, -0.15) is 4.31 Å². The Kier molecular flexibility index (Phi) is 10.8. The quantitative estimate of drug-likeness (QED) is 0.726. The van der Waals surface area contributed by atoms with Crippen LogP contribution in [0, 0.1) is 5.92 Å². The molecule has 1 aliphatic rings. The summed E-state index contributed by atoms with van der Waals surface area (Å²) >= 11 is 0. The zero-order valence-corrected chi connectivity index (χ0v) is 18.4. The molecular formula is C17H30Cl2N4O3S. The first-order valence-corrected chi connectivity index (χ1v) is 10.0. The van der Waals surface area contributed by atoms with Crippen molar-refractivity contribution in [1.82, 2.24) is 9.21 Å². The molecule has 2 rings (SSSR count). The van der Waals surface area contributed by atoms with Crippen LogP contribution >= 0.6 is 24.8 Å². The van der Waals surface area contributed by atoms with Crippen LogP contribution in [0.1, 0.15) is 20.3 Å². The molecule has 27 heavy (non-hydrogen) atoms. The van der Waals surface area contributed by atoms with Gasteiger partial charge < -0.3 is 16.0 Å². The molecule has 1 aromatic carbocycles. The highest BCUT2D eigenvalue weighted by Crippen LogP contribution is 2.21. The molecule has 1 atom stereocenters. The molecule has 0 radical (unpaired) electrons. The number of nitrogens with one attached hydrogen (secondary N) is 1. The molecule has 0 saturated carbocycles. The summed E-state index contributed by atoms with van der Waals surface area (Å²) in [5.41, 5.74) is 6.27. The highest BCUT2D eigenvalue weighted by Gasteiger charge is 2.26. The summed E-state index contributed by atoms with van der Waals surface area (Å²) < 4.78 is 27.3. The fourth-order valence-electron chi connectivity index (χ4n) is 2.67. The number of halogens is 2. The normalized spacial score (nSPS) is 17.4. The van der Waals surface area contributed by atoms with Crippen LogP contribution in [0.5, 0.6) is 0 Å². The lowest BCUT2D eigenvalue weighted by molar-refractivity contribution is -0.118. The fourth-order valence-corrected chi connectivity index (χ4v) is 4.19. The van der Waals surface area contributed by atoms with E-state index in [1.165, 1.54) is 10.4 Å². The van der Waals surface area contributed by atoms with E-state index >= 15 is 0 Å². The number of carbonyl (C=O) groups excluding carboxylic acids is 1. The summed E-state index contributed by atoms with van der Waals surface area (Å²) in [6.45, 7) is 6.28. The molecule has 0 aliphatic carbocycles. The summed E-state index contributed by atoms with van der Waals surface area (Å²) in [5, 5.41) is 2.70. The minimum Gasteiger partial charge on any atom is -0.325 e. The predicted octanol–water partition coefficient (Wildman–Crippen LogP) is 1.78. The molecule has 10 heteroatoms. The number of anilines is 1. The van der Waals surface area contributed by atoms with Gasteiger partial charge in [0, 0.05) is 25.3 Å². The van der Waals surface area contributed by atoms with E-state index in [1.54, 1.807) is 18.2 Å². The molecule has 7 nitrogen and oxygen atoms in total. The summed E-state index contributed by atoms with van der Waals surface area (Å²) in [5.74, 6) is -0.318. The van der Waals surface area contributed by atoms with Gasteiger partial charge in [-0.3, -0.25) is 4.79 Å². The van der Waals surface area contributed by atoms with Gasteiger partial charge in [0.05, 0.1) is 10.9 Å². The molecule has 1 fully saturated rings. The zero-order chi connectivity index (χ0) is 18.6. The van der Waals surface area contributed by atoms with Crippen molar-refractivity contribution in [3.63, 3.8) is 0 Å². The maximum absolute atomic E-state index is 12.9. The first-order valence-electron chi connectivity index (χ1n) is 8.57. The SMILES string of the molecule is CC(C)[C@H](N)C(=O)Nc1cccc(S(=O)(=O)N2CCCN(C)CC2)c1.Cl.Cl. The van der Waals surface area contributed by atoms with Gasteiger partial charge in [-0.1, -0.05) is 19.9 Å². The van der Waals surface area contributed by atoms with Gasteiger partial charge in [0.2, 0.25) is 15.9 Å². The predicted molar refractivity (Wildman–Crippen MR) is 113 cm³/mol. The number of benzene rings is 1. The van der Waals surface area contributed by atoms with Crippen molar-refractivity contribution in [3.05, 3.63) is 24.3 Å². The molecule has 156 valence electrons. The van der Waals surface area contributed by atoms with Crippen LogP contribution in [0.3, 0.4) is 0 Å². The lowest BCUT2D eigenvalue weighted by atomic mass is 10.1. The van der Waals surface area contributed by atoms with Gasteiger partial charge >= 0.3 is 0 Å². The average Bonchev–Trinajstić information content (AvgIpc) is 2.79. The Morgan fingerprint density at radius 1 is 1.15 bits per heavy atom.